The number of allylic oxidation sites excluding steroid dienone is 1. The van der Waals surface area contributed by atoms with Crippen LogP contribution in [-0.4, -0.2) is 56.7 Å². The smallest absolute Gasteiger partial charge is 0.309 e. The first-order chi connectivity index (χ1) is 24.2. The molecule has 52 heavy (non-hydrogen) atoms. The van der Waals surface area contributed by atoms with E-state index in [1.165, 1.54) is 5.57 Å². The minimum absolute atomic E-state index is 0.0231. The molecule has 288 valence electrons. The molecule has 6 rings (SSSR count). The van der Waals surface area contributed by atoms with Gasteiger partial charge in [0, 0.05) is 36.0 Å². The molecular weight excluding hydrogens is 654 g/mol. The lowest BCUT2D eigenvalue weighted by Crippen LogP contribution is -2.66. The van der Waals surface area contributed by atoms with E-state index in [2.05, 4.69) is 70.7 Å². The van der Waals surface area contributed by atoms with Crippen LogP contribution in [0.4, 0.5) is 0 Å². The summed E-state index contributed by atoms with van der Waals surface area (Å²) in [6.07, 6.45) is 10.4. The molecule has 0 spiro atoms. The number of hydrogen-bond donors (Lipinski definition) is 3. The van der Waals surface area contributed by atoms with Crippen LogP contribution in [-0.2, 0) is 19.1 Å². The molecule has 1 aromatic heterocycles. The van der Waals surface area contributed by atoms with E-state index >= 15 is 0 Å². The van der Waals surface area contributed by atoms with Gasteiger partial charge in [0.15, 0.2) is 5.78 Å². The number of aliphatic hydroxyl groups is 1. The number of fused-ring (bicyclic) bond motifs is 7. The minimum Gasteiger partial charge on any atom is -0.481 e. The van der Waals surface area contributed by atoms with Gasteiger partial charge in [-0.25, -0.2) is 9.97 Å². The van der Waals surface area contributed by atoms with E-state index in [4.69, 9.17) is 4.74 Å². The molecule has 1 heterocycles. The zero-order valence-corrected chi connectivity index (χ0v) is 33.5. The zero-order valence-electron chi connectivity index (χ0n) is 33.5. The molecule has 0 amide bonds. The van der Waals surface area contributed by atoms with E-state index in [9.17, 15) is 24.6 Å². The number of carboxylic acids is 1. The summed E-state index contributed by atoms with van der Waals surface area (Å²) in [5.41, 5.74) is 1.25. The number of rotatable bonds is 10. The van der Waals surface area contributed by atoms with Crippen molar-refractivity contribution in [3.8, 4) is 0 Å². The van der Waals surface area contributed by atoms with E-state index in [0.29, 0.717) is 24.8 Å². The fourth-order valence-electron chi connectivity index (χ4n) is 13.1. The van der Waals surface area contributed by atoms with Crippen LogP contribution in [0, 0.1) is 56.2 Å². The standard InChI is InChI=1S/C43H65N3O6/c1-25(2)35-29(47)21-43(32(48)23-45-26(3)28-15-20-44-24-46-28)19-18-41(9)27(36(35)43)11-12-31-40(8)16-14-33(52-34(49)22-38(4,5)37(50)51)39(6,7)30(40)13-17-42(31,41)10/h15,20,24-27,30-33,45,48H,11-14,16-19,21-23H2,1-10H3,(H,50,51). The Morgan fingerprint density at radius 1 is 0.981 bits per heavy atom. The summed E-state index contributed by atoms with van der Waals surface area (Å²) in [6.45, 7) is 22.0. The van der Waals surface area contributed by atoms with Gasteiger partial charge < -0.3 is 20.3 Å². The number of ketones is 1. The summed E-state index contributed by atoms with van der Waals surface area (Å²) >= 11 is 0. The lowest BCUT2D eigenvalue weighted by molar-refractivity contribution is -0.235. The summed E-state index contributed by atoms with van der Waals surface area (Å²) in [4.78, 5) is 47.3. The van der Waals surface area contributed by atoms with E-state index in [1.54, 1.807) is 26.4 Å². The highest BCUT2D eigenvalue weighted by atomic mass is 16.5. The van der Waals surface area contributed by atoms with Crippen LogP contribution in [0.1, 0.15) is 145 Å². The van der Waals surface area contributed by atoms with E-state index in [-0.39, 0.29) is 57.8 Å². The molecule has 10 unspecified atom stereocenters. The number of esters is 1. The Balaban J connectivity index is 1.27. The Morgan fingerprint density at radius 3 is 2.33 bits per heavy atom. The largest absolute Gasteiger partial charge is 0.481 e. The molecule has 5 aliphatic carbocycles. The topological polar surface area (TPSA) is 139 Å². The highest BCUT2D eigenvalue weighted by Crippen LogP contribution is 2.77. The molecule has 9 nitrogen and oxygen atoms in total. The third kappa shape index (κ3) is 5.90. The summed E-state index contributed by atoms with van der Waals surface area (Å²) in [5.74, 6) is -0.00358. The molecule has 0 bridgehead atoms. The second-order valence-corrected chi connectivity index (χ2v) is 19.8. The summed E-state index contributed by atoms with van der Waals surface area (Å²) in [5, 5.41) is 25.3. The van der Waals surface area contributed by atoms with E-state index < -0.39 is 28.9 Å². The Morgan fingerprint density at radius 2 is 1.69 bits per heavy atom. The average Bonchev–Trinajstić information content (AvgIpc) is 3.38. The molecule has 0 aliphatic heterocycles. The van der Waals surface area contributed by atoms with Crippen molar-refractivity contribution in [2.75, 3.05) is 6.54 Å². The van der Waals surface area contributed by atoms with Gasteiger partial charge in [-0.05, 0) is 124 Å². The van der Waals surface area contributed by atoms with Crippen molar-refractivity contribution in [1.29, 1.82) is 0 Å². The van der Waals surface area contributed by atoms with Crippen LogP contribution in [0.2, 0.25) is 0 Å². The average molecular weight is 720 g/mol. The minimum atomic E-state index is -1.17. The van der Waals surface area contributed by atoms with Crippen molar-refractivity contribution in [1.82, 2.24) is 15.3 Å². The van der Waals surface area contributed by atoms with Gasteiger partial charge in [0.1, 0.15) is 12.4 Å². The van der Waals surface area contributed by atoms with Gasteiger partial charge in [0.25, 0.3) is 0 Å². The fraction of sp³-hybridized carbons (Fsp3) is 0.791. The molecule has 4 saturated carbocycles. The normalized spacial score (nSPS) is 38.1. The number of carbonyl (C=O) groups is 3. The first-order valence-corrected chi connectivity index (χ1v) is 20.0. The Kier molecular flexibility index (Phi) is 9.97. The fourth-order valence-corrected chi connectivity index (χ4v) is 13.1. The van der Waals surface area contributed by atoms with Gasteiger partial charge in [-0.15, -0.1) is 0 Å². The number of hydrogen-bond acceptors (Lipinski definition) is 8. The quantitative estimate of drug-likeness (QED) is 0.206. The molecule has 1 aromatic rings. The van der Waals surface area contributed by atoms with Crippen molar-refractivity contribution >= 4 is 17.7 Å². The first-order valence-electron chi connectivity index (χ1n) is 20.0. The number of carboxylic acid groups (broad SMARTS) is 1. The number of carbonyl (C=O) groups excluding carboxylic acids is 2. The van der Waals surface area contributed by atoms with Crippen molar-refractivity contribution in [3.63, 3.8) is 0 Å². The monoisotopic (exact) mass is 719 g/mol. The number of nitrogens with zero attached hydrogens (tertiary/aromatic N) is 2. The van der Waals surface area contributed by atoms with E-state index in [0.717, 1.165) is 62.6 Å². The predicted molar refractivity (Wildman–Crippen MR) is 200 cm³/mol. The van der Waals surface area contributed by atoms with Crippen molar-refractivity contribution < 1.29 is 29.3 Å². The first kappa shape index (κ1) is 39.1. The lowest BCUT2D eigenvalue weighted by atomic mass is 9.33. The number of aliphatic hydroxyl groups excluding tert-OH is 1. The van der Waals surface area contributed by atoms with Crippen LogP contribution in [0.15, 0.2) is 29.7 Å². The molecule has 5 aliphatic rings. The van der Waals surface area contributed by atoms with Gasteiger partial charge in [0.2, 0.25) is 0 Å². The third-order valence-corrected chi connectivity index (χ3v) is 16.2. The summed E-state index contributed by atoms with van der Waals surface area (Å²) in [7, 11) is 0. The molecule has 10 atom stereocenters. The molecule has 9 heteroatoms. The number of Topliss-reactive ketones (excluding diaryl/α,β-unsaturated/α-hetero) is 1. The maximum absolute atomic E-state index is 14.0. The summed E-state index contributed by atoms with van der Waals surface area (Å²) in [6, 6.07) is 1.84. The van der Waals surface area contributed by atoms with Gasteiger partial charge in [-0.2, -0.15) is 0 Å². The second kappa shape index (κ2) is 13.3. The number of ether oxygens (including phenoxy) is 1. The molecule has 4 fully saturated rings. The van der Waals surface area contributed by atoms with Crippen molar-refractivity contribution in [2.24, 2.45) is 56.2 Å². The predicted octanol–water partition coefficient (Wildman–Crippen LogP) is 7.88. The van der Waals surface area contributed by atoms with E-state index in [1.807, 2.05) is 6.07 Å². The molecule has 0 saturated heterocycles. The van der Waals surface area contributed by atoms with Gasteiger partial charge in [-0.1, -0.05) is 54.0 Å². The number of aliphatic carboxylic acids is 1. The zero-order chi connectivity index (χ0) is 38.2. The molecular formula is C43H65N3O6. The van der Waals surface area contributed by atoms with Crippen molar-refractivity contribution in [3.05, 3.63) is 35.4 Å². The van der Waals surface area contributed by atoms with Crippen LogP contribution in [0.5, 0.6) is 0 Å². The Bertz CT molecular complexity index is 1600. The maximum Gasteiger partial charge on any atom is 0.309 e. The number of nitrogens with one attached hydrogen (secondary N) is 1. The van der Waals surface area contributed by atoms with Gasteiger partial charge in [0.05, 0.1) is 23.6 Å². The second-order valence-electron chi connectivity index (χ2n) is 19.8. The van der Waals surface area contributed by atoms with Crippen LogP contribution in [0.3, 0.4) is 0 Å². The van der Waals surface area contributed by atoms with Crippen molar-refractivity contribution in [2.45, 2.75) is 152 Å². The molecule has 0 aromatic carbocycles. The number of aromatic nitrogens is 2. The highest BCUT2D eigenvalue weighted by Gasteiger charge is 2.70. The molecule has 3 N–H and O–H groups in total. The van der Waals surface area contributed by atoms with Gasteiger partial charge >= 0.3 is 11.9 Å². The lowest BCUT2D eigenvalue weighted by Gasteiger charge is -2.72. The van der Waals surface area contributed by atoms with Crippen LogP contribution >= 0.6 is 0 Å². The maximum atomic E-state index is 14.0. The SMILES string of the molecule is CC(C)C1=C2C3CCC4C5(C)CCC(OC(=O)CC(C)(C)C(=O)O)C(C)(C)C5CCC4(C)C3(C)CCC2(C(O)CNC(C)c2ccncn2)CC1=O. The van der Waals surface area contributed by atoms with Gasteiger partial charge in [-0.3, -0.25) is 14.4 Å². The highest BCUT2D eigenvalue weighted by molar-refractivity contribution is 6.00. The Labute approximate surface area is 311 Å². The Hall–Kier alpha value is -2.65. The van der Waals surface area contributed by atoms with Crippen LogP contribution < -0.4 is 5.32 Å². The summed E-state index contributed by atoms with van der Waals surface area (Å²) < 4.78 is 6.16. The van der Waals surface area contributed by atoms with Crippen LogP contribution in [0.25, 0.3) is 0 Å². The molecule has 0 radical (unpaired) electrons. The third-order valence-electron chi connectivity index (χ3n) is 16.2.